The van der Waals surface area contributed by atoms with Crippen molar-refractivity contribution in [3.8, 4) is 11.4 Å². The third-order valence-corrected chi connectivity index (χ3v) is 4.76. The van der Waals surface area contributed by atoms with E-state index in [0.717, 1.165) is 29.9 Å². The molecule has 3 heterocycles. The summed E-state index contributed by atoms with van der Waals surface area (Å²) in [5.41, 5.74) is 5.37. The van der Waals surface area contributed by atoms with Gasteiger partial charge in [-0.25, -0.2) is 0 Å². The Balaban J connectivity index is 1.97. The fourth-order valence-electron chi connectivity index (χ4n) is 3.33. The molecule has 0 aromatic carbocycles. The number of aromatic nitrogens is 2. The van der Waals surface area contributed by atoms with Crippen LogP contribution in [0.25, 0.3) is 11.4 Å². The zero-order valence-corrected chi connectivity index (χ0v) is 13.8. The topological polar surface area (TPSA) is 41.0 Å². The third-order valence-electron chi connectivity index (χ3n) is 4.76. The minimum Gasteiger partial charge on any atom is -0.345 e. The van der Waals surface area contributed by atoms with Crippen LogP contribution in [0, 0.1) is 6.92 Å². The molecule has 2 aromatic heterocycles. The summed E-state index contributed by atoms with van der Waals surface area (Å²) in [6.07, 6.45) is 3.53. The summed E-state index contributed by atoms with van der Waals surface area (Å²) in [4.78, 5) is 17.6. The highest BCUT2D eigenvalue weighted by molar-refractivity contribution is 5.61. The highest BCUT2D eigenvalue weighted by atomic mass is 16.1. The Morgan fingerprint density at radius 1 is 1.23 bits per heavy atom. The number of hydrogen-bond acceptors (Lipinski definition) is 2. The SMILES string of the molecule is CCc1cc(C)c(=O)[nH]c1-c1ccc(CN2CCCC2)n1C. The Bertz CT molecular complexity index is 720. The standard InChI is InChI=1S/C18H25N3O/c1-4-14-11-13(2)18(22)19-17(14)16-8-7-15(20(16)3)12-21-9-5-6-10-21/h7-8,11H,4-6,9-10,12H2,1-3H3,(H,19,22). The highest BCUT2D eigenvalue weighted by Gasteiger charge is 2.16. The second kappa shape index (κ2) is 6.13. The van der Waals surface area contributed by atoms with E-state index in [1.54, 1.807) is 0 Å². The van der Waals surface area contributed by atoms with Gasteiger partial charge in [-0.1, -0.05) is 6.92 Å². The first kappa shape index (κ1) is 15.1. The highest BCUT2D eigenvalue weighted by Crippen LogP contribution is 2.24. The molecule has 0 unspecified atom stereocenters. The molecule has 22 heavy (non-hydrogen) atoms. The van der Waals surface area contributed by atoms with E-state index < -0.39 is 0 Å². The molecular weight excluding hydrogens is 274 g/mol. The number of aryl methyl sites for hydroxylation is 2. The van der Waals surface area contributed by atoms with E-state index in [4.69, 9.17) is 0 Å². The molecule has 118 valence electrons. The summed E-state index contributed by atoms with van der Waals surface area (Å²) in [6.45, 7) is 7.38. The van der Waals surface area contributed by atoms with Crippen LogP contribution in [0.15, 0.2) is 23.0 Å². The summed E-state index contributed by atoms with van der Waals surface area (Å²) < 4.78 is 2.22. The summed E-state index contributed by atoms with van der Waals surface area (Å²) in [5.74, 6) is 0. The Kier molecular flexibility index (Phi) is 4.21. The van der Waals surface area contributed by atoms with Gasteiger partial charge in [-0.15, -0.1) is 0 Å². The van der Waals surface area contributed by atoms with Crippen LogP contribution in [0.3, 0.4) is 0 Å². The van der Waals surface area contributed by atoms with Crippen LogP contribution in [0.4, 0.5) is 0 Å². The molecule has 4 heteroatoms. The maximum absolute atomic E-state index is 12.0. The van der Waals surface area contributed by atoms with Crippen molar-refractivity contribution in [1.29, 1.82) is 0 Å². The van der Waals surface area contributed by atoms with Gasteiger partial charge in [0.15, 0.2) is 0 Å². The molecule has 0 atom stereocenters. The van der Waals surface area contributed by atoms with Crippen molar-refractivity contribution in [3.05, 3.63) is 45.4 Å². The number of aromatic amines is 1. The van der Waals surface area contributed by atoms with E-state index in [9.17, 15) is 4.79 Å². The Hall–Kier alpha value is -1.81. The van der Waals surface area contributed by atoms with Gasteiger partial charge in [0.1, 0.15) is 0 Å². The van der Waals surface area contributed by atoms with Crippen LogP contribution in [0.1, 0.15) is 36.6 Å². The average molecular weight is 299 g/mol. The van der Waals surface area contributed by atoms with Gasteiger partial charge in [0.2, 0.25) is 0 Å². The number of hydrogen-bond donors (Lipinski definition) is 1. The number of likely N-dealkylation sites (tertiary alicyclic amines) is 1. The van der Waals surface area contributed by atoms with Crippen LogP contribution in [-0.4, -0.2) is 27.5 Å². The van der Waals surface area contributed by atoms with E-state index in [2.05, 4.69) is 40.6 Å². The van der Waals surface area contributed by atoms with Gasteiger partial charge in [0, 0.05) is 24.8 Å². The molecule has 0 aliphatic carbocycles. The van der Waals surface area contributed by atoms with E-state index in [-0.39, 0.29) is 5.56 Å². The van der Waals surface area contributed by atoms with Crippen molar-refractivity contribution in [2.45, 2.75) is 39.7 Å². The largest absolute Gasteiger partial charge is 0.345 e. The normalized spacial score (nSPS) is 15.6. The number of pyridine rings is 1. The summed E-state index contributed by atoms with van der Waals surface area (Å²) in [7, 11) is 2.10. The summed E-state index contributed by atoms with van der Waals surface area (Å²) in [5, 5.41) is 0. The lowest BCUT2D eigenvalue weighted by Gasteiger charge is -2.16. The number of rotatable bonds is 4. The molecule has 0 bridgehead atoms. The van der Waals surface area contributed by atoms with E-state index in [1.807, 2.05) is 13.0 Å². The molecule has 1 N–H and O–H groups in total. The van der Waals surface area contributed by atoms with Gasteiger partial charge >= 0.3 is 0 Å². The lowest BCUT2D eigenvalue weighted by Crippen LogP contribution is -2.20. The zero-order valence-electron chi connectivity index (χ0n) is 13.8. The molecule has 4 nitrogen and oxygen atoms in total. The van der Waals surface area contributed by atoms with Gasteiger partial charge in [-0.3, -0.25) is 9.69 Å². The van der Waals surface area contributed by atoms with E-state index >= 15 is 0 Å². The minimum atomic E-state index is 0.00879. The number of nitrogens with one attached hydrogen (secondary N) is 1. The lowest BCUT2D eigenvalue weighted by molar-refractivity contribution is 0.323. The van der Waals surface area contributed by atoms with Crippen molar-refractivity contribution in [2.75, 3.05) is 13.1 Å². The van der Waals surface area contributed by atoms with E-state index in [0.29, 0.717) is 0 Å². The van der Waals surface area contributed by atoms with Gasteiger partial charge in [-0.2, -0.15) is 0 Å². The smallest absolute Gasteiger partial charge is 0.251 e. The Labute approximate surface area is 131 Å². The monoisotopic (exact) mass is 299 g/mol. The van der Waals surface area contributed by atoms with Gasteiger partial charge in [-0.05, 0) is 63.0 Å². The molecule has 0 radical (unpaired) electrons. The molecule has 1 saturated heterocycles. The van der Waals surface area contributed by atoms with Crippen LogP contribution < -0.4 is 5.56 Å². The van der Waals surface area contributed by atoms with Crippen LogP contribution >= 0.6 is 0 Å². The predicted octanol–water partition coefficient (Wildman–Crippen LogP) is 2.85. The lowest BCUT2D eigenvalue weighted by atomic mass is 10.1. The number of H-pyrrole nitrogens is 1. The fraction of sp³-hybridized carbons (Fsp3) is 0.500. The molecule has 0 spiro atoms. The van der Waals surface area contributed by atoms with Crippen LogP contribution in [-0.2, 0) is 20.0 Å². The van der Waals surface area contributed by atoms with Gasteiger partial charge < -0.3 is 9.55 Å². The molecule has 0 amide bonds. The minimum absolute atomic E-state index is 0.00879. The zero-order chi connectivity index (χ0) is 15.7. The third kappa shape index (κ3) is 2.75. The first-order valence-electron chi connectivity index (χ1n) is 8.20. The second-order valence-electron chi connectivity index (χ2n) is 6.29. The fourth-order valence-corrected chi connectivity index (χ4v) is 3.33. The summed E-state index contributed by atoms with van der Waals surface area (Å²) >= 11 is 0. The van der Waals surface area contributed by atoms with Crippen LogP contribution in [0.2, 0.25) is 0 Å². The number of nitrogens with zero attached hydrogens (tertiary/aromatic N) is 2. The Morgan fingerprint density at radius 2 is 1.95 bits per heavy atom. The van der Waals surface area contributed by atoms with Gasteiger partial charge in [0.05, 0.1) is 11.4 Å². The van der Waals surface area contributed by atoms with Gasteiger partial charge in [0.25, 0.3) is 5.56 Å². The first-order valence-corrected chi connectivity index (χ1v) is 8.20. The molecule has 2 aromatic rings. The van der Waals surface area contributed by atoms with Crippen molar-refractivity contribution < 1.29 is 0 Å². The first-order chi connectivity index (χ1) is 10.6. The molecule has 0 saturated carbocycles. The Morgan fingerprint density at radius 3 is 2.64 bits per heavy atom. The van der Waals surface area contributed by atoms with Crippen LogP contribution in [0.5, 0.6) is 0 Å². The second-order valence-corrected chi connectivity index (χ2v) is 6.29. The van der Waals surface area contributed by atoms with Crippen molar-refractivity contribution >= 4 is 0 Å². The summed E-state index contributed by atoms with van der Waals surface area (Å²) in [6, 6.07) is 6.33. The van der Waals surface area contributed by atoms with Crippen molar-refractivity contribution in [2.24, 2.45) is 7.05 Å². The maximum Gasteiger partial charge on any atom is 0.251 e. The molecule has 1 aliphatic rings. The molecule has 3 rings (SSSR count). The molecule has 1 fully saturated rings. The molecular formula is C18H25N3O. The van der Waals surface area contributed by atoms with E-state index in [1.165, 1.54) is 37.2 Å². The van der Waals surface area contributed by atoms with Crippen molar-refractivity contribution in [1.82, 2.24) is 14.5 Å². The molecule has 1 aliphatic heterocycles. The predicted molar refractivity (Wildman–Crippen MR) is 90.1 cm³/mol. The quantitative estimate of drug-likeness (QED) is 0.943. The maximum atomic E-state index is 12.0. The average Bonchev–Trinajstić information content (AvgIpc) is 3.13. The van der Waals surface area contributed by atoms with Crippen molar-refractivity contribution in [3.63, 3.8) is 0 Å².